The van der Waals surface area contributed by atoms with Crippen molar-refractivity contribution in [1.29, 1.82) is 0 Å². The fourth-order valence-electron chi connectivity index (χ4n) is 2.75. The quantitative estimate of drug-likeness (QED) is 0.208. The molecule has 0 aromatic heterocycles. The van der Waals surface area contributed by atoms with Crippen LogP contribution in [0.15, 0.2) is 12.7 Å². The van der Waals surface area contributed by atoms with E-state index in [1.807, 2.05) is 0 Å². The fourth-order valence-corrected chi connectivity index (χ4v) is 2.75. The Kier molecular flexibility index (Phi) is 8.98. The van der Waals surface area contributed by atoms with Crippen LogP contribution in [-0.4, -0.2) is 88.2 Å². The minimum absolute atomic E-state index is 0.0293. The lowest BCUT2D eigenvalue weighted by atomic mass is 9.88. The molecule has 1 aliphatic heterocycles. The number of nitrogens with one attached hydrogen (secondary N) is 1. The van der Waals surface area contributed by atoms with Gasteiger partial charge in [-0.2, -0.15) is 0 Å². The molecule has 1 rings (SSSR count). The summed E-state index contributed by atoms with van der Waals surface area (Å²) in [5.41, 5.74) is 0. The minimum atomic E-state index is -2.60. The first kappa shape index (κ1) is 24.0. The van der Waals surface area contributed by atoms with Gasteiger partial charge in [0.15, 0.2) is 0 Å². The molecule has 11 nitrogen and oxygen atoms in total. The molecule has 0 bridgehead atoms. The Morgan fingerprint density at radius 2 is 2.04 bits per heavy atom. The number of carbonyl (C=O) groups is 3. The van der Waals surface area contributed by atoms with Crippen LogP contribution in [0.1, 0.15) is 26.2 Å². The van der Waals surface area contributed by atoms with Gasteiger partial charge in [0.1, 0.15) is 24.9 Å². The Bertz CT molecular complexity index is 582. The molecule has 0 aromatic rings. The molecule has 0 aromatic carbocycles. The number of rotatable bonds is 9. The van der Waals surface area contributed by atoms with Crippen molar-refractivity contribution in [2.24, 2.45) is 0 Å². The number of esters is 2. The van der Waals surface area contributed by atoms with Gasteiger partial charge in [-0.05, 0) is 6.42 Å². The van der Waals surface area contributed by atoms with Gasteiger partial charge in [-0.25, -0.2) is 4.79 Å². The molecule has 0 aliphatic carbocycles. The van der Waals surface area contributed by atoms with E-state index < -0.39 is 67.1 Å². The van der Waals surface area contributed by atoms with Crippen molar-refractivity contribution in [3.63, 3.8) is 0 Å². The first-order valence-electron chi connectivity index (χ1n) is 8.62. The highest BCUT2D eigenvalue weighted by molar-refractivity contribution is 5.78. The van der Waals surface area contributed by atoms with Gasteiger partial charge in [0, 0.05) is 19.8 Å². The van der Waals surface area contributed by atoms with Gasteiger partial charge >= 0.3 is 11.9 Å². The van der Waals surface area contributed by atoms with Crippen molar-refractivity contribution in [3.8, 4) is 0 Å². The molecule has 0 spiro atoms. The Balaban J connectivity index is 2.93. The molecular weight excluding hydrogens is 378 g/mol. The average Bonchev–Trinajstić information content (AvgIpc) is 2.64. The summed E-state index contributed by atoms with van der Waals surface area (Å²) in [5, 5.41) is 43.5. The zero-order valence-corrected chi connectivity index (χ0v) is 15.7. The molecule has 1 aliphatic rings. The van der Waals surface area contributed by atoms with Gasteiger partial charge in [0.2, 0.25) is 5.91 Å². The number of carbonyl (C=O) groups excluding carboxylic acids is 3. The van der Waals surface area contributed by atoms with Crippen LogP contribution in [0.25, 0.3) is 0 Å². The topological polar surface area (TPSA) is 172 Å². The number of aliphatic hydroxyl groups is 4. The molecule has 1 saturated heterocycles. The summed E-state index contributed by atoms with van der Waals surface area (Å²) < 4.78 is 14.5. The maximum absolute atomic E-state index is 11.8. The monoisotopic (exact) mass is 405 g/mol. The zero-order valence-electron chi connectivity index (χ0n) is 15.7. The second kappa shape index (κ2) is 10.5. The van der Waals surface area contributed by atoms with Gasteiger partial charge in [-0.3, -0.25) is 9.59 Å². The number of ether oxygens (including phenoxy) is 3. The van der Waals surface area contributed by atoms with Gasteiger partial charge in [-0.15, -0.1) is 6.58 Å². The summed E-state index contributed by atoms with van der Waals surface area (Å²) >= 11 is 0. The molecule has 28 heavy (non-hydrogen) atoms. The van der Waals surface area contributed by atoms with Crippen LogP contribution < -0.4 is 5.32 Å². The number of methoxy groups -OCH3 is 1. The van der Waals surface area contributed by atoms with Crippen molar-refractivity contribution in [2.75, 3.05) is 13.7 Å². The van der Waals surface area contributed by atoms with Crippen LogP contribution in [0.3, 0.4) is 0 Å². The molecule has 0 radical (unpaired) electrons. The van der Waals surface area contributed by atoms with E-state index in [9.17, 15) is 34.8 Å². The van der Waals surface area contributed by atoms with E-state index in [0.717, 1.165) is 14.0 Å². The summed E-state index contributed by atoms with van der Waals surface area (Å²) in [6, 6.07) is -1.26. The van der Waals surface area contributed by atoms with Crippen molar-refractivity contribution in [3.05, 3.63) is 12.7 Å². The summed E-state index contributed by atoms with van der Waals surface area (Å²) in [4.78, 5) is 34.7. The maximum atomic E-state index is 11.8. The minimum Gasteiger partial charge on any atom is -0.465 e. The van der Waals surface area contributed by atoms with Gasteiger partial charge in [-0.1, -0.05) is 6.08 Å². The van der Waals surface area contributed by atoms with Crippen molar-refractivity contribution >= 4 is 17.8 Å². The number of hydrogen-bond donors (Lipinski definition) is 5. The first-order valence-corrected chi connectivity index (χ1v) is 8.62. The molecule has 1 amide bonds. The highest BCUT2D eigenvalue weighted by atomic mass is 16.7. The second-order valence-corrected chi connectivity index (χ2v) is 6.42. The first-order chi connectivity index (χ1) is 13.1. The lowest BCUT2D eigenvalue weighted by molar-refractivity contribution is -0.296. The zero-order chi connectivity index (χ0) is 21.5. The standard InChI is InChI=1S/C17H27NO10/c1-4-5-6-12(22)27-8-11(21)14(23)15-13(18-9(2)19)10(20)7-17(25,28-15)16(24)26-3/h4,10-11,13-15,20-21,23,25H,1,5-8H2,2-3H3,(H,18,19)/t10-,11+,13+,14+,15+,17-/m0/s1. The van der Waals surface area contributed by atoms with E-state index in [1.54, 1.807) is 0 Å². The second-order valence-electron chi connectivity index (χ2n) is 6.42. The molecule has 0 unspecified atom stereocenters. The summed E-state index contributed by atoms with van der Waals surface area (Å²) in [7, 11) is 0.985. The normalized spacial score (nSPS) is 29.3. The van der Waals surface area contributed by atoms with E-state index in [-0.39, 0.29) is 6.42 Å². The maximum Gasteiger partial charge on any atom is 0.366 e. The molecule has 5 N–H and O–H groups in total. The van der Waals surface area contributed by atoms with Gasteiger partial charge < -0.3 is 40.0 Å². The molecule has 1 fully saturated rings. The fraction of sp³-hybridized carbons (Fsp3) is 0.706. The predicted octanol–water partition coefficient (Wildman–Crippen LogP) is -2.27. The third-order valence-electron chi connectivity index (χ3n) is 4.16. The highest BCUT2D eigenvalue weighted by Gasteiger charge is 2.54. The summed E-state index contributed by atoms with van der Waals surface area (Å²) in [5.74, 6) is -5.05. The largest absolute Gasteiger partial charge is 0.465 e. The lowest BCUT2D eigenvalue weighted by Gasteiger charge is -2.45. The average molecular weight is 405 g/mol. The Morgan fingerprint density at radius 1 is 1.39 bits per heavy atom. The van der Waals surface area contributed by atoms with E-state index in [1.165, 1.54) is 6.08 Å². The van der Waals surface area contributed by atoms with E-state index >= 15 is 0 Å². The summed E-state index contributed by atoms with van der Waals surface area (Å²) in [6.45, 7) is 3.99. The van der Waals surface area contributed by atoms with Crippen molar-refractivity contribution < 1.29 is 49.0 Å². The molecule has 1 heterocycles. The summed E-state index contributed by atoms with van der Waals surface area (Å²) in [6.07, 6.45) is -5.39. The third kappa shape index (κ3) is 6.24. The predicted molar refractivity (Wildman–Crippen MR) is 92.5 cm³/mol. The van der Waals surface area contributed by atoms with Crippen LogP contribution in [0.2, 0.25) is 0 Å². The van der Waals surface area contributed by atoms with Crippen LogP contribution >= 0.6 is 0 Å². The van der Waals surface area contributed by atoms with Crippen LogP contribution in [0, 0.1) is 0 Å². The van der Waals surface area contributed by atoms with Crippen LogP contribution in [-0.2, 0) is 28.6 Å². The number of hydrogen-bond acceptors (Lipinski definition) is 10. The van der Waals surface area contributed by atoms with Crippen LogP contribution in [0.5, 0.6) is 0 Å². The molecule has 0 saturated carbocycles. The number of aliphatic hydroxyl groups excluding tert-OH is 3. The number of allylic oxidation sites excluding steroid dienone is 1. The van der Waals surface area contributed by atoms with E-state index in [2.05, 4.69) is 16.6 Å². The number of amides is 1. The Hall–Kier alpha value is -2.05. The smallest absolute Gasteiger partial charge is 0.366 e. The van der Waals surface area contributed by atoms with Gasteiger partial charge in [0.05, 0.1) is 19.3 Å². The van der Waals surface area contributed by atoms with Gasteiger partial charge in [0.25, 0.3) is 5.79 Å². The molecule has 160 valence electrons. The SMILES string of the molecule is C=CCCC(=O)OC[C@@H](O)[C@@H](O)[C@@H]1O[C@](O)(C(=O)OC)C[C@H](O)[C@H]1NC(C)=O. The lowest BCUT2D eigenvalue weighted by Crippen LogP contribution is -2.67. The van der Waals surface area contributed by atoms with Crippen molar-refractivity contribution in [2.45, 2.75) is 62.4 Å². The van der Waals surface area contributed by atoms with Crippen molar-refractivity contribution in [1.82, 2.24) is 5.32 Å². The third-order valence-corrected chi connectivity index (χ3v) is 4.16. The highest BCUT2D eigenvalue weighted by Crippen LogP contribution is 2.31. The molecular formula is C17H27NO10. The molecule has 6 atom stereocenters. The van der Waals surface area contributed by atoms with Crippen LogP contribution in [0.4, 0.5) is 0 Å². The van der Waals surface area contributed by atoms with E-state index in [0.29, 0.717) is 6.42 Å². The Morgan fingerprint density at radius 3 is 2.57 bits per heavy atom. The molecule has 11 heteroatoms. The van der Waals surface area contributed by atoms with E-state index in [4.69, 9.17) is 9.47 Å². The Labute approximate surface area is 161 Å².